The van der Waals surface area contributed by atoms with Gasteiger partial charge in [-0.05, 0) is 6.07 Å². The van der Waals surface area contributed by atoms with E-state index in [1.54, 1.807) is 6.07 Å². The first kappa shape index (κ1) is 15.2. The van der Waals surface area contributed by atoms with E-state index in [0.717, 1.165) is 0 Å². The molecule has 0 amide bonds. The Morgan fingerprint density at radius 2 is 2.24 bits per heavy atom. The number of nitrogens with zero attached hydrogens (tertiary/aromatic N) is 2. The second kappa shape index (κ2) is 6.99. The molecule has 2 aromatic heterocycles. The Morgan fingerprint density at radius 1 is 1.38 bits per heavy atom. The van der Waals surface area contributed by atoms with E-state index < -0.39 is 10.0 Å². The average Bonchev–Trinajstić information content (AvgIpc) is 2.99. The summed E-state index contributed by atoms with van der Waals surface area (Å²) in [6.07, 6.45) is 4.45. The Labute approximate surface area is 122 Å². The van der Waals surface area contributed by atoms with E-state index in [-0.39, 0.29) is 18.0 Å². The second-order valence-corrected chi connectivity index (χ2v) is 5.75. The van der Waals surface area contributed by atoms with Crippen LogP contribution in [-0.2, 0) is 16.6 Å². The number of aromatic nitrogens is 2. The predicted molar refractivity (Wildman–Crippen MR) is 73.3 cm³/mol. The largest absolute Gasteiger partial charge is 0.395 e. The molecule has 0 aromatic carbocycles. The van der Waals surface area contributed by atoms with E-state index in [1.807, 2.05) is 0 Å². The highest BCUT2D eigenvalue weighted by Gasteiger charge is 2.15. The number of rotatable bonds is 5. The lowest BCUT2D eigenvalue weighted by Gasteiger charge is -2.04. The number of pyridine rings is 1. The molecule has 0 fully saturated rings. The Kier molecular flexibility index (Phi) is 5.05. The molecular formula is C13H13N3O4S. The number of hydrogen-bond donors (Lipinski definition) is 2. The SMILES string of the molecule is O=S(=O)(NCc1ccno1)c1cncc(C#CCCO)c1. The van der Waals surface area contributed by atoms with Gasteiger partial charge in [0, 0.05) is 30.4 Å². The minimum atomic E-state index is -3.71. The third-order valence-corrected chi connectivity index (χ3v) is 3.79. The fraction of sp³-hybridized carbons (Fsp3) is 0.231. The summed E-state index contributed by atoms with van der Waals surface area (Å²) in [6.45, 7) is -0.0418. The molecule has 0 aliphatic rings. The lowest BCUT2D eigenvalue weighted by atomic mass is 10.3. The zero-order valence-electron chi connectivity index (χ0n) is 11.0. The van der Waals surface area contributed by atoms with Crippen LogP contribution in [-0.4, -0.2) is 30.3 Å². The maximum absolute atomic E-state index is 12.1. The van der Waals surface area contributed by atoms with Gasteiger partial charge in [0.1, 0.15) is 4.90 Å². The van der Waals surface area contributed by atoms with Gasteiger partial charge in [0.05, 0.1) is 19.3 Å². The van der Waals surface area contributed by atoms with E-state index in [1.165, 1.54) is 24.7 Å². The lowest BCUT2D eigenvalue weighted by molar-refractivity contribution is 0.305. The predicted octanol–water partition coefficient (Wildman–Crippen LogP) is 0.282. The molecule has 0 saturated heterocycles. The van der Waals surface area contributed by atoms with E-state index in [2.05, 4.69) is 26.7 Å². The second-order valence-electron chi connectivity index (χ2n) is 3.99. The summed E-state index contributed by atoms with van der Waals surface area (Å²) in [5.41, 5.74) is 0.464. The molecular weight excluding hydrogens is 294 g/mol. The van der Waals surface area contributed by atoms with Gasteiger partial charge < -0.3 is 9.63 Å². The average molecular weight is 307 g/mol. The van der Waals surface area contributed by atoms with Crippen molar-refractivity contribution in [2.45, 2.75) is 17.9 Å². The molecule has 2 N–H and O–H groups in total. The highest BCUT2D eigenvalue weighted by atomic mass is 32.2. The normalized spacial score (nSPS) is 10.9. The third-order valence-electron chi connectivity index (χ3n) is 2.42. The first-order valence-electron chi connectivity index (χ1n) is 6.06. The summed E-state index contributed by atoms with van der Waals surface area (Å²) in [5.74, 6) is 5.85. The van der Waals surface area contributed by atoms with Crippen molar-refractivity contribution >= 4 is 10.0 Å². The highest BCUT2D eigenvalue weighted by molar-refractivity contribution is 7.89. The molecule has 0 radical (unpaired) electrons. The number of aliphatic hydroxyl groups excluding tert-OH is 1. The molecule has 2 rings (SSSR count). The smallest absolute Gasteiger partial charge is 0.242 e. The molecule has 2 heterocycles. The zero-order valence-corrected chi connectivity index (χ0v) is 11.8. The standard InChI is InChI=1S/C13H13N3O4S/c17-6-2-1-3-11-7-13(10-14-8-11)21(18,19)16-9-12-4-5-15-20-12/h4-5,7-8,10,16-17H,2,6,9H2. The van der Waals surface area contributed by atoms with Crippen molar-refractivity contribution < 1.29 is 18.0 Å². The van der Waals surface area contributed by atoms with E-state index >= 15 is 0 Å². The van der Waals surface area contributed by atoms with Crippen molar-refractivity contribution in [3.05, 3.63) is 42.0 Å². The summed E-state index contributed by atoms with van der Waals surface area (Å²) >= 11 is 0. The van der Waals surface area contributed by atoms with Crippen LogP contribution in [0.25, 0.3) is 0 Å². The molecule has 7 nitrogen and oxygen atoms in total. The number of sulfonamides is 1. The van der Waals surface area contributed by atoms with Crippen LogP contribution in [0.1, 0.15) is 17.7 Å². The molecule has 0 saturated carbocycles. The van der Waals surface area contributed by atoms with Crippen molar-refractivity contribution in [3.8, 4) is 11.8 Å². The molecule has 0 spiro atoms. The van der Waals surface area contributed by atoms with Crippen LogP contribution in [0.5, 0.6) is 0 Å². The molecule has 0 aliphatic carbocycles. The molecule has 0 unspecified atom stereocenters. The summed E-state index contributed by atoms with van der Waals surface area (Å²) in [5, 5.41) is 12.1. The van der Waals surface area contributed by atoms with E-state index in [4.69, 9.17) is 9.63 Å². The summed E-state index contributed by atoms with van der Waals surface area (Å²) in [6, 6.07) is 2.98. The van der Waals surface area contributed by atoms with Crippen LogP contribution in [0.4, 0.5) is 0 Å². The van der Waals surface area contributed by atoms with E-state index in [0.29, 0.717) is 17.7 Å². The minimum absolute atomic E-state index is 0.00273. The Bertz CT molecular complexity index is 745. The number of hydrogen-bond acceptors (Lipinski definition) is 6. The highest BCUT2D eigenvalue weighted by Crippen LogP contribution is 2.10. The van der Waals surface area contributed by atoms with Crippen LogP contribution in [0, 0.1) is 11.8 Å². The van der Waals surface area contributed by atoms with Crippen molar-refractivity contribution in [3.63, 3.8) is 0 Å². The van der Waals surface area contributed by atoms with Crippen LogP contribution in [0.3, 0.4) is 0 Å². The molecule has 2 aromatic rings. The van der Waals surface area contributed by atoms with Crippen LogP contribution in [0.15, 0.2) is 40.1 Å². The fourth-order valence-electron chi connectivity index (χ4n) is 1.44. The van der Waals surface area contributed by atoms with Gasteiger partial charge in [-0.3, -0.25) is 4.98 Å². The van der Waals surface area contributed by atoms with E-state index in [9.17, 15) is 8.42 Å². The van der Waals surface area contributed by atoms with Crippen LogP contribution < -0.4 is 4.72 Å². The summed E-state index contributed by atoms with van der Waals surface area (Å²) in [7, 11) is -3.71. The number of aliphatic hydroxyl groups is 1. The van der Waals surface area contributed by atoms with Crippen molar-refractivity contribution in [1.29, 1.82) is 0 Å². The van der Waals surface area contributed by atoms with Crippen molar-refractivity contribution in [2.75, 3.05) is 6.61 Å². The Morgan fingerprint density at radius 3 is 2.95 bits per heavy atom. The molecule has 0 bridgehead atoms. The molecule has 8 heteroatoms. The van der Waals surface area contributed by atoms with Gasteiger partial charge in [0.25, 0.3) is 0 Å². The Hall–Kier alpha value is -2.21. The summed E-state index contributed by atoms with van der Waals surface area (Å²) < 4.78 is 31.4. The quantitative estimate of drug-likeness (QED) is 0.769. The maximum atomic E-state index is 12.1. The summed E-state index contributed by atoms with van der Waals surface area (Å²) in [4.78, 5) is 3.87. The van der Waals surface area contributed by atoms with Gasteiger partial charge in [-0.15, -0.1) is 0 Å². The van der Waals surface area contributed by atoms with Gasteiger partial charge in [-0.1, -0.05) is 17.0 Å². The lowest BCUT2D eigenvalue weighted by Crippen LogP contribution is -2.23. The first-order valence-corrected chi connectivity index (χ1v) is 7.54. The molecule has 0 atom stereocenters. The van der Waals surface area contributed by atoms with Crippen LogP contribution in [0.2, 0.25) is 0 Å². The van der Waals surface area contributed by atoms with Gasteiger partial charge in [0.15, 0.2) is 5.76 Å². The maximum Gasteiger partial charge on any atom is 0.242 e. The Balaban J connectivity index is 2.12. The van der Waals surface area contributed by atoms with Crippen molar-refractivity contribution in [1.82, 2.24) is 14.9 Å². The molecule has 110 valence electrons. The fourth-order valence-corrected chi connectivity index (χ4v) is 2.42. The van der Waals surface area contributed by atoms with Gasteiger partial charge >= 0.3 is 0 Å². The zero-order chi connectivity index (χ0) is 15.1. The third kappa shape index (κ3) is 4.39. The topological polar surface area (TPSA) is 105 Å². The monoisotopic (exact) mass is 307 g/mol. The minimum Gasteiger partial charge on any atom is -0.395 e. The first-order chi connectivity index (χ1) is 10.1. The van der Waals surface area contributed by atoms with Crippen LogP contribution >= 0.6 is 0 Å². The van der Waals surface area contributed by atoms with Gasteiger partial charge in [-0.25, -0.2) is 13.1 Å². The molecule has 21 heavy (non-hydrogen) atoms. The molecule has 0 aliphatic heterocycles. The van der Waals surface area contributed by atoms with Crippen molar-refractivity contribution in [2.24, 2.45) is 0 Å². The van der Waals surface area contributed by atoms with Gasteiger partial charge in [-0.2, -0.15) is 0 Å². The van der Waals surface area contributed by atoms with Gasteiger partial charge in [0.2, 0.25) is 10.0 Å². The number of nitrogens with one attached hydrogen (secondary N) is 1.